The smallest absolute Gasteiger partial charge is 0.00982 e. The normalized spacial score (nSPS) is 47.0. The summed E-state index contributed by atoms with van der Waals surface area (Å²) in [5.41, 5.74) is 1.70. The zero-order valence-electron chi connectivity index (χ0n) is 12.9. The largest absolute Gasteiger partial charge is 0.314 e. The van der Waals surface area contributed by atoms with Crippen molar-refractivity contribution in [1.29, 1.82) is 0 Å². The number of hydrogen-bond acceptors (Lipinski definition) is 1. The molecule has 0 aromatic carbocycles. The van der Waals surface area contributed by atoms with Crippen molar-refractivity contribution < 1.29 is 0 Å². The molecular weight excluding hydrogens is 242 g/mol. The van der Waals surface area contributed by atoms with Crippen molar-refractivity contribution in [1.82, 2.24) is 5.32 Å². The maximum atomic E-state index is 3.84. The van der Waals surface area contributed by atoms with Gasteiger partial charge in [-0.25, -0.2) is 0 Å². The molecule has 0 aromatic rings. The minimum absolute atomic E-state index is 0.855. The Morgan fingerprint density at radius 3 is 3.00 bits per heavy atom. The molecule has 0 amide bonds. The van der Waals surface area contributed by atoms with Crippen LogP contribution in [0.5, 0.6) is 0 Å². The molecule has 1 nitrogen and oxygen atoms in total. The summed E-state index contributed by atoms with van der Waals surface area (Å²) in [6.45, 7) is 3.80. The summed E-state index contributed by atoms with van der Waals surface area (Å²) >= 11 is 0. The molecular formula is C19H29N. The zero-order chi connectivity index (χ0) is 13.5. The highest BCUT2D eigenvalue weighted by atomic mass is 14.9. The summed E-state index contributed by atoms with van der Waals surface area (Å²) in [6.07, 6.45) is 17.0. The molecule has 0 spiro atoms. The number of hydrogen-bond donors (Lipinski definition) is 1. The molecule has 0 bridgehead atoms. The molecule has 3 fully saturated rings. The highest BCUT2D eigenvalue weighted by Crippen LogP contribution is 2.53. The maximum absolute atomic E-state index is 3.84. The molecule has 1 heteroatoms. The van der Waals surface area contributed by atoms with Crippen LogP contribution in [0.2, 0.25) is 0 Å². The number of nitrogens with one attached hydrogen (secondary N) is 1. The van der Waals surface area contributed by atoms with E-state index >= 15 is 0 Å². The van der Waals surface area contributed by atoms with Gasteiger partial charge in [0.1, 0.15) is 0 Å². The Morgan fingerprint density at radius 1 is 1.20 bits per heavy atom. The first-order valence-corrected chi connectivity index (χ1v) is 8.89. The quantitative estimate of drug-likeness (QED) is 0.789. The Bertz CT molecular complexity index is 421. The first-order valence-electron chi connectivity index (χ1n) is 8.89. The van der Waals surface area contributed by atoms with Crippen LogP contribution in [0.4, 0.5) is 0 Å². The first kappa shape index (κ1) is 13.1. The molecule has 0 radical (unpaired) electrons. The lowest BCUT2D eigenvalue weighted by Gasteiger charge is -2.43. The van der Waals surface area contributed by atoms with Crippen molar-refractivity contribution >= 4 is 0 Å². The topological polar surface area (TPSA) is 12.0 Å². The molecule has 1 N–H and O–H groups in total. The van der Waals surface area contributed by atoms with Crippen molar-refractivity contribution in [3.63, 3.8) is 0 Å². The Labute approximate surface area is 123 Å². The van der Waals surface area contributed by atoms with E-state index in [4.69, 9.17) is 0 Å². The van der Waals surface area contributed by atoms with Gasteiger partial charge in [0.15, 0.2) is 0 Å². The van der Waals surface area contributed by atoms with E-state index in [-0.39, 0.29) is 0 Å². The molecule has 1 saturated heterocycles. The molecule has 2 saturated carbocycles. The van der Waals surface area contributed by atoms with Gasteiger partial charge in [-0.05, 0) is 81.1 Å². The van der Waals surface area contributed by atoms with Gasteiger partial charge >= 0.3 is 0 Å². The molecule has 6 atom stereocenters. The van der Waals surface area contributed by atoms with Gasteiger partial charge in [0.2, 0.25) is 0 Å². The molecule has 3 aliphatic carbocycles. The van der Waals surface area contributed by atoms with Crippen LogP contribution in [0.15, 0.2) is 23.8 Å². The standard InChI is InChI=1S/C19H29N/c1-13-9-16-11-15-7-4-8-20-19(15)12-18(16)17(13)10-14-5-2-3-6-14/h2-3,5,13,15-20H,4,6-12H2,1H3. The fraction of sp³-hybridized carbons (Fsp3) is 0.789. The van der Waals surface area contributed by atoms with Gasteiger partial charge in [-0.2, -0.15) is 0 Å². The molecule has 110 valence electrons. The van der Waals surface area contributed by atoms with Crippen molar-refractivity contribution in [2.45, 2.75) is 57.9 Å². The van der Waals surface area contributed by atoms with Crippen LogP contribution in [-0.4, -0.2) is 12.6 Å². The van der Waals surface area contributed by atoms with Crippen LogP contribution in [0.3, 0.4) is 0 Å². The van der Waals surface area contributed by atoms with Crippen LogP contribution < -0.4 is 5.32 Å². The Balaban J connectivity index is 1.47. The van der Waals surface area contributed by atoms with E-state index in [1.807, 2.05) is 0 Å². The van der Waals surface area contributed by atoms with Gasteiger partial charge in [0.25, 0.3) is 0 Å². The summed E-state index contributed by atoms with van der Waals surface area (Å²) in [4.78, 5) is 0. The second kappa shape index (κ2) is 5.33. The van der Waals surface area contributed by atoms with Crippen LogP contribution in [0.25, 0.3) is 0 Å². The minimum Gasteiger partial charge on any atom is -0.314 e. The van der Waals surface area contributed by atoms with E-state index in [2.05, 4.69) is 30.5 Å². The molecule has 4 rings (SSSR count). The van der Waals surface area contributed by atoms with E-state index < -0.39 is 0 Å². The van der Waals surface area contributed by atoms with Crippen molar-refractivity contribution in [2.75, 3.05) is 6.54 Å². The van der Waals surface area contributed by atoms with Crippen molar-refractivity contribution in [2.24, 2.45) is 29.6 Å². The predicted molar refractivity (Wildman–Crippen MR) is 84.5 cm³/mol. The summed E-state index contributed by atoms with van der Waals surface area (Å²) in [5.74, 6) is 4.98. The SMILES string of the molecule is CC1CC2CC3CCCNC3CC2C1CC1=CC=CC1. The lowest BCUT2D eigenvalue weighted by atomic mass is 9.67. The van der Waals surface area contributed by atoms with Gasteiger partial charge in [0.05, 0.1) is 0 Å². The first-order chi connectivity index (χ1) is 9.81. The van der Waals surface area contributed by atoms with Gasteiger partial charge in [-0.3, -0.25) is 0 Å². The second-order valence-electron chi connectivity index (χ2n) is 7.90. The fourth-order valence-electron chi connectivity index (χ4n) is 5.79. The lowest BCUT2D eigenvalue weighted by Crippen LogP contribution is -2.47. The summed E-state index contributed by atoms with van der Waals surface area (Å²) in [6, 6.07) is 0.855. The van der Waals surface area contributed by atoms with E-state index in [1.165, 1.54) is 51.5 Å². The molecule has 4 aliphatic rings. The van der Waals surface area contributed by atoms with Gasteiger partial charge in [0, 0.05) is 6.04 Å². The Morgan fingerprint density at radius 2 is 2.15 bits per heavy atom. The van der Waals surface area contributed by atoms with Crippen LogP contribution in [0, 0.1) is 29.6 Å². The molecule has 0 aromatic heterocycles. The number of allylic oxidation sites excluding steroid dienone is 4. The molecule has 1 heterocycles. The van der Waals surface area contributed by atoms with E-state index in [0.717, 1.165) is 35.6 Å². The number of fused-ring (bicyclic) bond motifs is 2. The second-order valence-corrected chi connectivity index (χ2v) is 7.90. The van der Waals surface area contributed by atoms with E-state index in [0.29, 0.717) is 0 Å². The summed E-state index contributed by atoms with van der Waals surface area (Å²) < 4.78 is 0. The fourth-order valence-corrected chi connectivity index (χ4v) is 5.79. The van der Waals surface area contributed by atoms with Crippen LogP contribution in [0.1, 0.15) is 51.9 Å². The monoisotopic (exact) mass is 271 g/mol. The van der Waals surface area contributed by atoms with Crippen molar-refractivity contribution in [3.05, 3.63) is 23.8 Å². The minimum atomic E-state index is 0.855. The molecule has 1 aliphatic heterocycles. The third kappa shape index (κ3) is 2.28. The number of piperidine rings is 1. The summed E-state index contributed by atoms with van der Waals surface area (Å²) in [7, 11) is 0. The third-order valence-electron chi connectivity index (χ3n) is 6.77. The van der Waals surface area contributed by atoms with Crippen LogP contribution in [-0.2, 0) is 0 Å². The van der Waals surface area contributed by atoms with E-state index in [1.54, 1.807) is 5.57 Å². The Kier molecular flexibility index (Phi) is 3.50. The molecule has 6 unspecified atom stereocenters. The van der Waals surface area contributed by atoms with Gasteiger partial charge < -0.3 is 5.32 Å². The highest BCUT2D eigenvalue weighted by molar-refractivity contribution is 5.23. The maximum Gasteiger partial charge on any atom is 0.00982 e. The van der Waals surface area contributed by atoms with Gasteiger partial charge in [-0.15, -0.1) is 0 Å². The van der Waals surface area contributed by atoms with E-state index in [9.17, 15) is 0 Å². The summed E-state index contributed by atoms with van der Waals surface area (Å²) in [5, 5.41) is 3.84. The lowest BCUT2D eigenvalue weighted by molar-refractivity contribution is 0.106. The van der Waals surface area contributed by atoms with Crippen molar-refractivity contribution in [3.8, 4) is 0 Å². The third-order valence-corrected chi connectivity index (χ3v) is 6.77. The Hall–Kier alpha value is -0.560. The zero-order valence-corrected chi connectivity index (χ0v) is 12.9. The average Bonchev–Trinajstić information content (AvgIpc) is 3.06. The van der Waals surface area contributed by atoms with Crippen LogP contribution >= 0.6 is 0 Å². The average molecular weight is 271 g/mol. The highest BCUT2D eigenvalue weighted by Gasteiger charge is 2.47. The number of rotatable bonds is 2. The van der Waals surface area contributed by atoms with Gasteiger partial charge in [-0.1, -0.05) is 30.7 Å². The molecule has 20 heavy (non-hydrogen) atoms. The predicted octanol–water partition coefficient (Wildman–Crippen LogP) is 4.31.